The average molecular weight is 304 g/mol. The summed E-state index contributed by atoms with van der Waals surface area (Å²) in [4.78, 5) is 16.8. The summed E-state index contributed by atoms with van der Waals surface area (Å²) < 4.78 is 0. The summed E-state index contributed by atoms with van der Waals surface area (Å²) in [5.74, 6) is 0.356. The third-order valence-electron chi connectivity index (χ3n) is 4.28. The molecule has 2 unspecified atom stereocenters. The van der Waals surface area contributed by atoms with Crippen LogP contribution in [0, 0.1) is 11.8 Å². The topological polar surface area (TPSA) is 68.0 Å². The van der Waals surface area contributed by atoms with Gasteiger partial charge in [-0.25, -0.2) is 0 Å². The Balaban J connectivity index is 1.88. The number of fused-ring (bicyclic) bond motifs is 1. The average Bonchev–Trinajstić information content (AvgIpc) is 2.99. The van der Waals surface area contributed by atoms with Gasteiger partial charge in [0.15, 0.2) is 0 Å². The van der Waals surface area contributed by atoms with Crippen molar-refractivity contribution in [1.29, 1.82) is 0 Å². The zero-order valence-electron chi connectivity index (χ0n) is 11.7. The van der Waals surface area contributed by atoms with Crippen LogP contribution in [-0.4, -0.2) is 17.4 Å². The number of halogens is 1. The maximum atomic E-state index is 12.5. The van der Waals surface area contributed by atoms with Gasteiger partial charge in [-0.1, -0.05) is 18.0 Å². The third kappa shape index (κ3) is 2.74. The van der Waals surface area contributed by atoms with Crippen molar-refractivity contribution in [3.63, 3.8) is 0 Å². The van der Waals surface area contributed by atoms with E-state index < -0.39 is 0 Å². The third-order valence-corrected chi connectivity index (χ3v) is 4.58. The molecular formula is C16H18ClN3O. The van der Waals surface area contributed by atoms with E-state index in [1.54, 1.807) is 12.3 Å². The summed E-state index contributed by atoms with van der Waals surface area (Å²) in [7, 11) is 0. The normalized spacial score (nSPS) is 21.6. The van der Waals surface area contributed by atoms with E-state index in [9.17, 15) is 4.79 Å². The number of hydrogen-bond donors (Lipinski definition) is 2. The van der Waals surface area contributed by atoms with Gasteiger partial charge < -0.3 is 11.1 Å². The van der Waals surface area contributed by atoms with Crippen LogP contribution in [0.2, 0.25) is 5.02 Å². The van der Waals surface area contributed by atoms with Crippen molar-refractivity contribution in [3.05, 3.63) is 35.5 Å². The molecule has 0 aliphatic heterocycles. The molecule has 2 aromatic rings. The van der Waals surface area contributed by atoms with Gasteiger partial charge in [0, 0.05) is 17.5 Å². The molecule has 5 heteroatoms. The molecule has 1 heterocycles. The highest BCUT2D eigenvalue weighted by atomic mass is 35.5. The molecule has 1 aromatic heterocycles. The molecule has 1 saturated carbocycles. The van der Waals surface area contributed by atoms with E-state index in [0.29, 0.717) is 23.0 Å². The number of pyridine rings is 1. The number of aromatic nitrogens is 1. The van der Waals surface area contributed by atoms with Crippen LogP contribution in [0.1, 0.15) is 19.3 Å². The first kappa shape index (κ1) is 14.3. The SMILES string of the molecule is NCC1CCCC1C(=O)Nc1ccc(Cl)c2ncccc12. The number of benzene rings is 1. The van der Waals surface area contributed by atoms with Gasteiger partial charge in [0.05, 0.1) is 16.2 Å². The first-order valence-electron chi connectivity index (χ1n) is 7.25. The minimum Gasteiger partial charge on any atom is -0.330 e. The number of anilines is 1. The van der Waals surface area contributed by atoms with Gasteiger partial charge in [0.1, 0.15) is 0 Å². The van der Waals surface area contributed by atoms with Crippen molar-refractivity contribution >= 4 is 34.1 Å². The fourth-order valence-corrected chi connectivity index (χ4v) is 3.35. The number of carbonyl (C=O) groups excluding carboxylic acids is 1. The molecule has 1 amide bonds. The van der Waals surface area contributed by atoms with Crippen molar-refractivity contribution in [2.45, 2.75) is 19.3 Å². The zero-order valence-corrected chi connectivity index (χ0v) is 12.4. The number of rotatable bonds is 3. The Labute approximate surface area is 128 Å². The molecule has 3 N–H and O–H groups in total. The Morgan fingerprint density at radius 3 is 3.05 bits per heavy atom. The molecule has 110 valence electrons. The van der Waals surface area contributed by atoms with E-state index in [2.05, 4.69) is 10.3 Å². The minimum atomic E-state index is 0.0115. The summed E-state index contributed by atoms with van der Waals surface area (Å²) in [5, 5.41) is 4.47. The maximum Gasteiger partial charge on any atom is 0.227 e. The summed E-state index contributed by atoms with van der Waals surface area (Å²) >= 11 is 6.15. The lowest BCUT2D eigenvalue weighted by Gasteiger charge is -2.18. The summed E-state index contributed by atoms with van der Waals surface area (Å²) in [5.41, 5.74) is 7.22. The second-order valence-electron chi connectivity index (χ2n) is 5.52. The highest BCUT2D eigenvalue weighted by Gasteiger charge is 2.32. The standard InChI is InChI=1S/C16H18ClN3O/c17-13-6-7-14(12-5-2-8-19-15(12)13)20-16(21)11-4-1-3-10(11)9-18/h2,5-8,10-11H,1,3-4,9,18H2,(H,20,21). The Kier molecular flexibility index (Phi) is 4.08. The van der Waals surface area contributed by atoms with Gasteiger partial charge in [-0.05, 0) is 49.6 Å². The van der Waals surface area contributed by atoms with E-state index in [0.717, 1.165) is 30.3 Å². The lowest BCUT2D eigenvalue weighted by molar-refractivity contribution is -0.120. The smallest absolute Gasteiger partial charge is 0.227 e. The Bertz CT molecular complexity index is 674. The number of nitrogens with two attached hydrogens (primary N) is 1. The van der Waals surface area contributed by atoms with Gasteiger partial charge >= 0.3 is 0 Å². The van der Waals surface area contributed by atoms with Crippen LogP contribution in [0.4, 0.5) is 5.69 Å². The van der Waals surface area contributed by atoms with Crippen LogP contribution in [0.3, 0.4) is 0 Å². The molecule has 1 aromatic carbocycles. The molecule has 21 heavy (non-hydrogen) atoms. The number of nitrogens with one attached hydrogen (secondary N) is 1. The van der Waals surface area contributed by atoms with Crippen LogP contribution in [-0.2, 0) is 4.79 Å². The second kappa shape index (κ2) is 6.00. The molecule has 1 fully saturated rings. The predicted octanol–water partition coefficient (Wildman–Crippen LogP) is 3.20. The Hall–Kier alpha value is -1.65. The molecule has 0 spiro atoms. The van der Waals surface area contributed by atoms with Gasteiger partial charge in [0.25, 0.3) is 0 Å². The van der Waals surface area contributed by atoms with Gasteiger partial charge in [-0.15, -0.1) is 0 Å². The molecule has 0 saturated heterocycles. The van der Waals surface area contributed by atoms with Crippen LogP contribution < -0.4 is 11.1 Å². The van der Waals surface area contributed by atoms with E-state index in [4.69, 9.17) is 17.3 Å². The first-order chi connectivity index (χ1) is 10.2. The number of nitrogens with zero attached hydrogens (tertiary/aromatic N) is 1. The monoisotopic (exact) mass is 303 g/mol. The molecular weight excluding hydrogens is 286 g/mol. The molecule has 4 nitrogen and oxygen atoms in total. The summed E-state index contributed by atoms with van der Waals surface area (Å²) in [6.45, 7) is 0.570. The fourth-order valence-electron chi connectivity index (χ4n) is 3.14. The Morgan fingerprint density at radius 1 is 1.38 bits per heavy atom. The molecule has 0 radical (unpaired) electrons. The maximum absolute atomic E-state index is 12.5. The van der Waals surface area contributed by atoms with E-state index in [1.807, 2.05) is 18.2 Å². The number of carbonyl (C=O) groups is 1. The molecule has 3 rings (SSSR count). The van der Waals surface area contributed by atoms with Crippen molar-refractivity contribution in [2.75, 3.05) is 11.9 Å². The Morgan fingerprint density at radius 2 is 2.24 bits per heavy atom. The molecule has 0 bridgehead atoms. The van der Waals surface area contributed by atoms with E-state index in [1.165, 1.54) is 0 Å². The van der Waals surface area contributed by atoms with Crippen molar-refractivity contribution in [3.8, 4) is 0 Å². The first-order valence-corrected chi connectivity index (χ1v) is 7.62. The quantitative estimate of drug-likeness (QED) is 0.915. The van der Waals surface area contributed by atoms with Crippen LogP contribution in [0.5, 0.6) is 0 Å². The highest BCUT2D eigenvalue weighted by Crippen LogP contribution is 2.33. The lowest BCUT2D eigenvalue weighted by Crippen LogP contribution is -2.29. The fraction of sp³-hybridized carbons (Fsp3) is 0.375. The predicted molar refractivity (Wildman–Crippen MR) is 85.3 cm³/mol. The second-order valence-corrected chi connectivity index (χ2v) is 5.92. The van der Waals surface area contributed by atoms with Crippen LogP contribution in [0.15, 0.2) is 30.5 Å². The lowest BCUT2D eigenvalue weighted by atomic mass is 9.95. The van der Waals surface area contributed by atoms with Crippen molar-refractivity contribution in [2.24, 2.45) is 17.6 Å². The number of hydrogen-bond acceptors (Lipinski definition) is 3. The molecule has 1 aliphatic rings. The minimum absolute atomic E-state index is 0.0115. The largest absolute Gasteiger partial charge is 0.330 e. The van der Waals surface area contributed by atoms with Crippen LogP contribution in [0.25, 0.3) is 10.9 Å². The zero-order chi connectivity index (χ0) is 14.8. The van der Waals surface area contributed by atoms with E-state index in [-0.39, 0.29) is 11.8 Å². The van der Waals surface area contributed by atoms with Gasteiger partial charge in [-0.2, -0.15) is 0 Å². The van der Waals surface area contributed by atoms with Gasteiger partial charge in [0.2, 0.25) is 5.91 Å². The van der Waals surface area contributed by atoms with Crippen LogP contribution >= 0.6 is 11.6 Å². The summed E-state index contributed by atoms with van der Waals surface area (Å²) in [6.07, 6.45) is 4.72. The van der Waals surface area contributed by atoms with Gasteiger partial charge in [-0.3, -0.25) is 9.78 Å². The summed E-state index contributed by atoms with van der Waals surface area (Å²) in [6, 6.07) is 7.35. The number of amides is 1. The molecule has 2 atom stereocenters. The van der Waals surface area contributed by atoms with E-state index >= 15 is 0 Å². The van der Waals surface area contributed by atoms with Crippen molar-refractivity contribution in [1.82, 2.24) is 4.98 Å². The van der Waals surface area contributed by atoms with Crippen molar-refractivity contribution < 1.29 is 4.79 Å². The highest BCUT2D eigenvalue weighted by molar-refractivity contribution is 6.35. The molecule has 1 aliphatic carbocycles.